The summed E-state index contributed by atoms with van der Waals surface area (Å²) in [5.74, 6) is 1.49. The van der Waals surface area contributed by atoms with Gasteiger partial charge in [0.1, 0.15) is 11.6 Å². The Hall–Kier alpha value is -2.50. The van der Waals surface area contributed by atoms with Crippen molar-refractivity contribution >= 4 is 11.8 Å². The number of rotatable bonds is 5. The number of amides is 2. The summed E-state index contributed by atoms with van der Waals surface area (Å²) in [5, 5.41) is 9.50. The number of nitrogens with one attached hydrogen (secondary N) is 2. The number of nitrogens with zero attached hydrogens (tertiary/aromatic N) is 2. The first kappa shape index (κ1) is 13.9. The molecule has 1 heterocycles. The van der Waals surface area contributed by atoms with Gasteiger partial charge in [0.15, 0.2) is 0 Å². The minimum atomic E-state index is -0.234. The number of urea groups is 1. The second kappa shape index (κ2) is 6.60. The van der Waals surface area contributed by atoms with Crippen molar-refractivity contribution in [3.05, 3.63) is 42.1 Å². The second-order valence-electron chi connectivity index (χ2n) is 4.32. The molecule has 2 N–H and O–H groups in total. The molecule has 0 bridgehead atoms. The number of hydrogen-bond donors (Lipinski definition) is 2. The molecule has 1 aromatic carbocycles. The fraction of sp³-hybridized carbons (Fsp3) is 0.286. The number of aryl methyl sites for hydroxylation is 1. The van der Waals surface area contributed by atoms with E-state index in [1.807, 2.05) is 24.3 Å². The summed E-state index contributed by atoms with van der Waals surface area (Å²) >= 11 is 0. The molecule has 2 aromatic rings. The van der Waals surface area contributed by atoms with Gasteiger partial charge in [0.25, 0.3) is 0 Å². The second-order valence-corrected chi connectivity index (χ2v) is 4.32. The summed E-state index contributed by atoms with van der Waals surface area (Å²) in [4.78, 5) is 11.7. The van der Waals surface area contributed by atoms with Crippen LogP contribution in [-0.2, 0) is 13.5 Å². The Kier molecular flexibility index (Phi) is 4.60. The summed E-state index contributed by atoms with van der Waals surface area (Å²) < 4.78 is 6.69. The standard InChI is InChI=1S/C14H18N4O2/c1-18-13(8-10-16-18)17-14(19)15-9-7-11-3-5-12(20-2)6-4-11/h3-6,8,10H,7,9H2,1-2H3,(H2,15,17,19). The zero-order valence-corrected chi connectivity index (χ0v) is 11.6. The van der Waals surface area contributed by atoms with Crippen molar-refractivity contribution in [2.24, 2.45) is 7.05 Å². The van der Waals surface area contributed by atoms with E-state index in [9.17, 15) is 4.79 Å². The molecule has 6 nitrogen and oxygen atoms in total. The fourth-order valence-electron chi connectivity index (χ4n) is 1.77. The summed E-state index contributed by atoms with van der Waals surface area (Å²) in [6.07, 6.45) is 2.40. The highest BCUT2D eigenvalue weighted by molar-refractivity contribution is 5.88. The van der Waals surface area contributed by atoms with Crippen molar-refractivity contribution in [2.75, 3.05) is 19.0 Å². The van der Waals surface area contributed by atoms with E-state index in [1.165, 1.54) is 0 Å². The Morgan fingerprint density at radius 2 is 2.05 bits per heavy atom. The van der Waals surface area contributed by atoms with Crippen molar-refractivity contribution in [1.82, 2.24) is 15.1 Å². The fourth-order valence-corrected chi connectivity index (χ4v) is 1.77. The highest BCUT2D eigenvalue weighted by atomic mass is 16.5. The molecule has 0 radical (unpaired) electrons. The minimum Gasteiger partial charge on any atom is -0.497 e. The van der Waals surface area contributed by atoms with Crippen molar-refractivity contribution < 1.29 is 9.53 Å². The number of hydrogen-bond acceptors (Lipinski definition) is 3. The maximum Gasteiger partial charge on any atom is 0.320 e. The maximum atomic E-state index is 11.7. The van der Waals surface area contributed by atoms with E-state index in [2.05, 4.69) is 15.7 Å². The molecule has 0 spiro atoms. The predicted molar refractivity (Wildman–Crippen MR) is 76.9 cm³/mol. The Morgan fingerprint density at radius 1 is 1.30 bits per heavy atom. The lowest BCUT2D eigenvalue weighted by Gasteiger charge is -2.08. The monoisotopic (exact) mass is 274 g/mol. The van der Waals surface area contributed by atoms with E-state index >= 15 is 0 Å². The molecule has 106 valence electrons. The molecule has 0 aliphatic rings. The summed E-state index contributed by atoms with van der Waals surface area (Å²) in [6, 6.07) is 9.29. The van der Waals surface area contributed by atoms with Gasteiger partial charge in [0.05, 0.1) is 13.3 Å². The van der Waals surface area contributed by atoms with Gasteiger partial charge in [-0.1, -0.05) is 12.1 Å². The minimum absolute atomic E-state index is 0.234. The molecule has 1 aromatic heterocycles. The first-order chi connectivity index (χ1) is 9.69. The molecule has 0 saturated heterocycles. The Bertz CT molecular complexity index is 563. The number of aromatic nitrogens is 2. The highest BCUT2D eigenvalue weighted by Gasteiger charge is 2.04. The van der Waals surface area contributed by atoms with Crippen molar-refractivity contribution in [1.29, 1.82) is 0 Å². The van der Waals surface area contributed by atoms with Gasteiger partial charge in [0.2, 0.25) is 0 Å². The molecule has 6 heteroatoms. The molecule has 0 aliphatic heterocycles. The van der Waals surface area contributed by atoms with Crippen LogP contribution in [0.3, 0.4) is 0 Å². The highest BCUT2D eigenvalue weighted by Crippen LogP contribution is 2.11. The lowest BCUT2D eigenvalue weighted by atomic mass is 10.1. The van der Waals surface area contributed by atoms with Crippen molar-refractivity contribution in [2.45, 2.75) is 6.42 Å². The van der Waals surface area contributed by atoms with Gasteiger partial charge < -0.3 is 10.1 Å². The van der Waals surface area contributed by atoms with Gasteiger partial charge in [-0.25, -0.2) is 4.79 Å². The van der Waals surface area contributed by atoms with E-state index in [0.29, 0.717) is 12.4 Å². The summed E-state index contributed by atoms with van der Waals surface area (Å²) in [5.41, 5.74) is 1.15. The average molecular weight is 274 g/mol. The molecule has 0 aliphatic carbocycles. The van der Waals surface area contributed by atoms with Crippen LogP contribution in [0.4, 0.5) is 10.6 Å². The smallest absolute Gasteiger partial charge is 0.320 e. The predicted octanol–water partition coefficient (Wildman–Crippen LogP) is 1.79. The zero-order valence-electron chi connectivity index (χ0n) is 11.6. The van der Waals surface area contributed by atoms with E-state index < -0.39 is 0 Å². The number of ether oxygens (including phenoxy) is 1. The lowest BCUT2D eigenvalue weighted by molar-refractivity contribution is 0.252. The summed E-state index contributed by atoms with van der Waals surface area (Å²) in [6.45, 7) is 0.565. The van der Waals surface area contributed by atoms with E-state index in [4.69, 9.17) is 4.74 Å². The SMILES string of the molecule is COc1ccc(CCNC(=O)Nc2ccnn2C)cc1. The molecule has 0 unspecified atom stereocenters. The first-order valence-electron chi connectivity index (χ1n) is 6.35. The van der Waals surface area contributed by atoms with Gasteiger partial charge in [-0.2, -0.15) is 5.10 Å². The quantitative estimate of drug-likeness (QED) is 0.873. The van der Waals surface area contributed by atoms with Crippen LogP contribution in [0.5, 0.6) is 5.75 Å². The summed E-state index contributed by atoms with van der Waals surface area (Å²) in [7, 11) is 3.41. The van der Waals surface area contributed by atoms with Gasteiger partial charge in [-0.3, -0.25) is 10.00 Å². The van der Waals surface area contributed by atoms with Crippen LogP contribution in [0.2, 0.25) is 0 Å². The van der Waals surface area contributed by atoms with E-state index in [1.54, 1.807) is 31.1 Å². The largest absolute Gasteiger partial charge is 0.497 e. The Morgan fingerprint density at radius 3 is 2.65 bits per heavy atom. The third kappa shape index (κ3) is 3.74. The van der Waals surface area contributed by atoms with Crippen LogP contribution in [0.1, 0.15) is 5.56 Å². The topological polar surface area (TPSA) is 68.2 Å². The van der Waals surface area contributed by atoms with Gasteiger partial charge in [-0.15, -0.1) is 0 Å². The number of anilines is 1. The number of methoxy groups -OCH3 is 1. The van der Waals surface area contributed by atoms with Crippen LogP contribution in [0, 0.1) is 0 Å². The third-order valence-electron chi connectivity index (χ3n) is 2.92. The normalized spacial score (nSPS) is 10.1. The molecule has 0 saturated carbocycles. The maximum absolute atomic E-state index is 11.7. The first-order valence-corrected chi connectivity index (χ1v) is 6.35. The number of carbonyl (C=O) groups excluding carboxylic acids is 1. The van der Waals surface area contributed by atoms with Gasteiger partial charge >= 0.3 is 6.03 Å². The molecular formula is C14H18N4O2. The van der Waals surface area contributed by atoms with Gasteiger partial charge in [-0.05, 0) is 24.1 Å². The van der Waals surface area contributed by atoms with Crippen molar-refractivity contribution in [3.63, 3.8) is 0 Å². The average Bonchev–Trinajstić information content (AvgIpc) is 2.85. The van der Waals surface area contributed by atoms with Gasteiger partial charge in [0, 0.05) is 19.7 Å². The van der Waals surface area contributed by atoms with Crippen LogP contribution >= 0.6 is 0 Å². The van der Waals surface area contributed by atoms with Crippen LogP contribution in [0.15, 0.2) is 36.5 Å². The Labute approximate surface area is 117 Å². The lowest BCUT2D eigenvalue weighted by Crippen LogP contribution is -2.31. The number of carbonyl (C=O) groups is 1. The van der Waals surface area contributed by atoms with Crippen molar-refractivity contribution in [3.8, 4) is 5.75 Å². The van der Waals surface area contributed by atoms with Crippen LogP contribution in [0.25, 0.3) is 0 Å². The van der Waals surface area contributed by atoms with Crippen LogP contribution < -0.4 is 15.4 Å². The molecule has 2 amide bonds. The van der Waals surface area contributed by atoms with E-state index in [-0.39, 0.29) is 6.03 Å². The molecule has 20 heavy (non-hydrogen) atoms. The van der Waals surface area contributed by atoms with Crippen LogP contribution in [-0.4, -0.2) is 29.5 Å². The zero-order chi connectivity index (χ0) is 14.4. The molecule has 0 fully saturated rings. The molecule has 2 rings (SSSR count). The molecular weight excluding hydrogens is 256 g/mol. The molecule has 0 atom stereocenters. The Balaban J connectivity index is 1.75. The third-order valence-corrected chi connectivity index (χ3v) is 2.92. The number of benzene rings is 1. The van der Waals surface area contributed by atoms with E-state index in [0.717, 1.165) is 17.7 Å².